The molecule has 3 rings (SSSR count). The summed E-state index contributed by atoms with van der Waals surface area (Å²) in [5.74, 6) is 0. The number of hydrogen-bond donors (Lipinski definition) is 1. The molecule has 26 heavy (non-hydrogen) atoms. The van der Waals surface area contributed by atoms with Crippen LogP contribution in [0.2, 0.25) is 0 Å². The lowest BCUT2D eigenvalue weighted by Crippen LogP contribution is -2.56. The average molecular weight is 358 g/mol. The van der Waals surface area contributed by atoms with Crippen LogP contribution in [-0.2, 0) is 16.0 Å². The third-order valence-electron chi connectivity index (χ3n) is 4.09. The molecular formula is C18H22N4O4. The fourth-order valence-electron chi connectivity index (χ4n) is 2.66. The number of aromatic nitrogens is 2. The standard InChI is InChI=1S/C18H22N4O4/c1-25-8-9-26-16-12-22(13-16)18(24)20-15-5-2-4-14(10-15)11-21-7-3-6-19-17(21)23/h2-7,10,16H,8-9,11-13H2,1H3,(H,20,24). The number of anilines is 1. The molecule has 1 aromatic heterocycles. The predicted octanol–water partition coefficient (Wildman–Crippen LogP) is 1.17. The highest BCUT2D eigenvalue weighted by Crippen LogP contribution is 2.16. The van der Waals surface area contributed by atoms with Crippen molar-refractivity contribution < 1.29 is 14.3 Å². The number of carbonyl (C=O) groups excluding carboxylic acids is 1. The summed E-state index contributed by atoms with van der Waals surface area (Å²) in [7, 11) is 1.63. The van der Waals surface area contributed by atoms with Gasteiger partial charge in [-0.05, 0) is 23.8 Å². The van der Waals surface area contributed by atoms with Crippen LogP contribution < -0.4 is 11.0 Å². The quantitative estimate of drug-likeness (QED) is 0.751. The van der Waals surface area contributed by atoms with Gasteiger partial charge in [0.15, 0.2) is 0 Å². The number of carbonyl (C=O) groups is 1. The van der Waals surface area contributed by atoms with Gasteiger partial charge >= 0.3 is 11.7 Å². The van der Waals surface area contributed by atoms with E-state index in [1.165, 1.54) is 10.8 Å². The Labute approximate surface area is 151 Å². The topological polar surface area (TPSA) is 85.7 Å². The van der Waals surface area contributed by atoms with Crippen molar-refractivity contribution in [1.82, 2.24) is 14.5 Å². The van der Waals surface area contributed by atoms with Crippen LogP contribution >= 0.6 is 0 Å². The molecule has 0 unspecified atom stereocenters. The summed E-state index contributed by atoms with van der Waals surface area (Å²) in [5.41, 5.74) is 1.29. The predicted molar refractivity (Wildman–Crippen MR) is 96.2 cm³/mol. The third-order valence-corrected chi connectivity index (χ3v) is 4.09. The second-order valence-corrected chi connectivity index (χ2v) is 6.05. The molecule has 8 heteroatoms. The van der Waals surface area contributed by atoms with E-state index in [9.17, 15) is 9.59 Å². The van der Waals surface area contributed by atoms with Gasteiger partial charge in [0.25, 0.3) is 0 Å². The minimum atomic E-state index is -0.304. The number of benzene rings is 1. The van der Waals surface area contributed by atoms with E-state index in [-0.39, 0.29) is 17.8 Å². The van der Waals surface area contributed by atoms with Crippen molar-refractivity contribution in [2.24, 2.45) is 0 Å². The molecule has 1 aromatic carbocycles. The molecule has 0 spiro atoms. The molecule has 8 nitrogen and oxygen atoms in total. The fraction of sp³-hybridized carbons (Fsp3) is 0.389. The number of nitrogens with one attached hydrogen (secondary N) is 1. The zero-order valence-corrected chi connectivity index (χ0v) is 14.6. The SMILES string of the molecule is COCCOC1CN(C(=O)Nc2cccc(Cn3cccnc3=O)c2)C1. The second kappa shape index (κ2) is 8.59. The average Bonchev–Trinajstić information content (AvgIpc) is 2.59. The Kier molecular flexibility index (Phi) is 5.98. The Hall–Kier alpha value is -2.71. The lowest BCUT2D eigenvalue weighted by atomic mass is 10.1. The summed E-state index contributed by atoms with van der Waals surface area (Å²) in [5, 5.41) is 2.88. The van der Waals surface area contributed by atoms with Crippen molar-refractivity contribution in [2.45, 2.75) is 12.6 Å². The molecule has 1 aliphatic rings. The normalized spacial score (nSPS) is 14.1. The van der Waals surface area contributed by atoms with E-state index < -0.39 is 0 Å². The highest BCUT2D eigenvalue weighted by molar-refractivity contribution is 5.90. The van der Waals surface area contributed by atoms with Crippen LogP contribution in [0.3, 0.4) is 0 Å². The van der Waals surface area contributed by atoms with Gasteiger partial charge in [0.05, 0.1) is 39.0 Å². The van der Waals surface area contributed by atoms with E-state index in [2.05, 4.69) is 10.3 Å². The van der Waals surface area contributed by atoms with Crippen LogP contribution in [0.1, 0.15) is 5.56 Å². The molecular weight excluding hydrogens is 336 g/mol. The zero-order valence-electron chi connectivity index (χ0n) is 14.6. The number of urea groups is 1. The number of rotatable bonds is 7. The Morgan fingerprint density at radius 3 is 2.92 bits per heavy atom. The van der Waals surface area contributed by atoms with E-state index >= 15 is 0 Å². The lowest BCUT2D eigenvalue weighted by Gasteiger charge is -2.38. The van der Waals surface area contributed by atoms with Crippen LogP contribution in [0.4, 0.5) is 10.5 Å². The Balaban J connectivity index is 1.52. The van der Waals surface area contributed by atoms with Crippen molar-refractivity contribution in [3.8, 4) is 0 Å². The maximum atomic E-state index is 12.3. The van der Waals surface area contributed by atoms with Crippen molar-refractivity contribution in [2.75, 3.05) is 38.7 Å². The summed E-state index contributed by atoms with van der Waals surface area (Å²) in [6.07, 6.45) is 3.22. The first-order valence-corrected chi connectivity index (χ1v) is 8.42. The van der Waals surface area contributed by atoms with E-state index in [4.69, 9.17) is 9.47 Å². The summed E-state index contributed by atoms with van der Waals surface area (Å²) >= 11 is 0. The fourth-order valence-corrected chi connectivity index (χ4v) is 2.66. The van der Waals surface area contributed by atoms with E-state index in [1.54, 1.807) is 24.3 Å². The molecule has 1 aliphatic heterocycles. The highest BCUT2D eigenvalue weighted by Gasteiger charge is 2.31. The molecule has 138 valence electrons. The van der Waals surface area contributed by atoms with Gasteiger partial charge in [0.2, 0.25) is 0 Å². The Bertz CT molecular complexity index is 802. The van der Waals surface area contributed by atoms with Gasteiger partial charge in [-0.3, -0.25) is 4.57 Å². The molecule has 1 fully saturated rings. The second-order valence-electron chi connectivity index (χ2n) is 6.05. The molecule has 0 bridgehead atoms. The van der Waals surface area contributed by atoms with Crippen LogP contribution in [0, 0.1) is 0 Å². The van der Waals surface area contributed by atoms with Crippen LogP contribution in [-0.4, -0.2) is 60.0 Å². The lowest BCUT2D eigenvalue weighted by molar-refractivity contribution is -0.0486. The van der Waals surface area contributed by atoms with Gasteiger partial charge in [0, 0.05) is 25.2 Å². The van der Waals surface area contributed by atoms with Crippen molar-refractivity contribution in [3.05, 3.63) is 58.8 Å². The van der Waals surface area contributed by atoms with E-state index in [0.29, 0.717) is 38.5 Å². The summed E-state index contributed by atoms with van der Waals surface area (Å²) in [4.78, 5) is 29.4. The first-order valence-electron chi connectivity index (χ1n) is 8.42. The number of nitrogens with zero attached hydrogens (tertiary/aromatic N) is 3. The van der Waals surface area contributed by atoms with Crippen LogP contribution in [0.5, 0.6) is 0 Å². The monoisotopic (exact) mass is 358 g/mol. The van der Waals surface area contributed by atoms with Crippen molar-refractivity contribution in [1.29, 1.82) is 0 Å². The summed E-state index contributed by atoms with van der Waals surface area (Å²) in [6.45, 7) is 2.62. The first-order chi connectivity index (χ1) is 12.7. The molecule has 2 aromatic rings. The minimum absolute atomic E-state index is 0.0692. The maximum absolute atomic E-state index is 12.3. The largest absolute Gasteiger partial charge is 0.382 e. The van der Waals surface area contributed by atoms with E-state index in [1.807, 2.05) is 24.3 Å². The molecule has 0 saturated carbocycles. The van der Waals surface area contributed by atoms with Crippen molar-refractivity contribution in [3.63, 3.8) is 0 Å². The van der Waals surface area contributed by atoms with Crippen LogP contribution in [0.25, 0.3) is 0 Å². The smallest absolute Gasteiger partial charge is 0.347 e. The minimum Gasteiger partial charge on any atom is -0.382 e. The van der Waals surface area contributed by atoms with Gasteiger partial charge in [-0.25, -0.2) is 14.6 Å². The van der Waals surface area contributed by atoms with Crippen LogP contribution in [0.15, 0.2) is 47.5 Å². The number of ether oxygens (including phenoxy) is 2. The molecule has 1 N–H and O–H groups in total. The molecule has 2 amide bonds. The maximum Gasteiger partial charge on any atom is 0.347 e. The highest BCUT2D eigenvalue weighted by atomic mass is 16.5. The van der Waals surface area contributed by atoms with Gasteiger partial charge in [0.1, 0.15) is 0 Å². The number of hydrogen-bond acceptors (Lipinski definition) is 5. The number of likely N-dealkylation sites (tertiary alicyclic amines) is 1. The molecule has 2 heterocycles. The first kappa shape index (κ1) is 18.1. The van der Waals surface area contributed by atoms with Gasteiger partial charge in [-0.1, -0.05) is 12.1 Å². The summed E-state index contributed by atoms with van der Waals surface area (Å²) in [6, 6.07) is 8.97. The number of methoxy groups -OCH3 is 1. The van der Waals surface area contributed by atoms with Gasteiger partial charge in [-0.15, -0.1) is 0 Å². The Morgan fingerprint density at radius 2 is 2.15 bits per heavy atom. The molecule has 0 radical (unpaired) electrons. The van der Waals surface area contributed by atoms with Gasteiger partial charge in [-0.2, -0.15) is 0 Å². The van der Waals surface area contributed by atoms with E-state index in [0.717, 1.165) is 5.56 Å². The number of amides is 2. The molecule has 0 atom stereocenters. The summed E-state index contributed by atoms with van der Waals surface area (Å²) < 4.78 is 12.0. The van der Waals surface area contributed by atoms with Crippen molar-refractivity contribution >= 4 is 11.7 Å². The zero-order chi connectivity index (χ0) is 18.4. The Morgan fingerprint density at radius 1 is 1.31 bits per heavy atom. The molecule has 0 aliphatic carbocycles. The molecule has 1 saturated heterocycles. The van der Waals surface area contributed by atoms with Gasteiger partial charge < -0.3 is 19.7 Å². The third kappa shape index (κ3) is 4.68.